The fraction of sp³-hybridized carbons (Fsp3) is 0.348. The van der Waals surface area contributed by atoms with Crippen LogP contribution >= 0.6 is 0 Å². The average Bonchev–Trinajstić information content (AvgIpc) is 2.74. The largest absolute Gasteiger partial charge is 0.493 e. The lowest BCUT2D eigenvalue weighted by Crippen LogP contribution is -2.28. The van der Waals surface area contributed by atoms with E-state index in [4.69, 9.17) is 13.9 Å². The first kappa shape index (κ1) is 18.6. The van der Waals surface area contributed by atoms with Gasteiger partial charge in [-0.2, -0.15) is 0 Å². The zero-order valence-corrected chi connectivity index (χ0v) is 16.4. The molecule has 0 radical (unpaired) electrons. The molecule has 1 aliphatic rings. The minimum atomic E-state index is -0.102. The number of benzene rings is 2. The second-order valence-electron chi connectivity index (χ2n) is 7.21. The highest BCUT2D eigenvalue weighted by atomic mass is 16.5. The molecule has 3 aromatic rings. The van der Waals surface area contributed by atoms with E-state index in [0.717, 1.165) is 12.1 Å². The van der Waals surface area contributed by atoms with Crippen LogP contribution in [0.25, 0.3) is 22.3 Å². The molecule has 1 aliphatic heterocycles. The van der Waals surface area contributed by atoms with E-state index in [0.29, 0.717) is 28.2 Å². The normalized spacial score (nSPS) is 14.9. The maximum Gasteiger partial charge on any atom is 0.193 e. The number of likely N-dealkylation sites (tertiary alicyclic amines) is 1. The van der Waals surface area contributed by atoms with Gasteiger partial charge in [0.2, 0.25) is 0 Å². The van der Waals surface area contributed by atoms with Crippen molar-refractivity contribution >= 4 is 11.0 Å². The number of hydrogen-bond donors (Lipinski definition) is 0. The predicted octanol–water partition coefficient (Wildman–Crippen LogP) is 4.46. The van der Waals surface area contributed by atoms with Crippen molar-refractivity contribution in [3.05, 3.63) is 58.3 Å². The fourth-order valence-corrected chi connectivity index (χ4v) is 3.77. The highest BCUT2D eigenvalue weighted by molar-refractivity contribution is 5.82. The van der Waals surface area contributed by atoms with Gasteiger partial charge in [-0.1, -0.05) is 30.7 Å². The van der Waals surface area contributed by atoms with Crippen LogP contribution in [0.4, 0.5) is 0 Å². The lowest BCUT2D eigenvalue weighted by Gasteiger charge is -2.26. The maximum atomic E-state index is 12.6. The second kappa shape index (κ2) is 8.07. The first-order valence-corrected chi connectivity index (χ1v) is 9.69. The summed E-state index contributed by atoms with van der Waals surface area (Å²) < 4.78 is 16.6. The molecule has 28 heavy (non-hydrogen) atoms. The molecule has 0 bridgehead atoms. The second-order valence-corrected chi connectivity index (χ2v) is 7.21. The molecule has 1 saturated heterocycles. The van der Waals surface area contributed by atoms with Crippen LogP contribution in [0.15, 0.2) is 51.7 Å². The zero-order valence-electron chi connectivity index (χ0n) is 16.4. The Morgan fingerprint density at radius 3 is 2.29 bits per heavy atom. The Labute approximate surface area is 164 Å². The first-order valence-electron chi connectivity index (χ1n) is 9.69. The lowest BCUT2D eigenvalue weighted by molar-refractivity contribution is 0.221. The molecule has 0 spiro atoms. The van der Waals surface area contributed by atoms with Crippen molar-refractivity contribution in [1.82, 2.24) is 4.90 Å². The molecule has 0 unspecified atom stereocenters. The molecule has 5 nitrogen and oxygen atoms in total. The summed E-state index contributed by atoms with van der Waals surface area (Å²) in [5, 5.41) is 0.475. The van der Waals surface area contributed by atoms with Crippen LogP contribution in [0.5, 0.6) is 11.5 Å². The molecule has 0 N–H and O–H groups in total. The highest BCUT2D eigenvalue weighted by Crippen LogP contribution is 2.32. The fourth-order valence-electron chi connectivity index (χ4n) is 3.77. The molecule has 146 valence electrons. The molecule has 0 atom stereocenters. The number of methoxy groups -OCH3 is 2. The van der Waals surface area contributed by atoms with Gasteiger partial charge in [0, 0.05) is 24.2 Å². The van der Waals surface area contributed by atoms with E-state index >= 15 is 0 Å². The third kappa shape index (κ3) is 3.76. The Hall–Kier alpha value is -2.79. The lowest BCUT2D eigenvalue weighted by atomic mass is 10.1. The van der Waals surface area contributed by atoms with E-state index in [1.807, 2.05) is 12.1 Å². The Morgan fingerprint density at radius 2 is 1.61 bits per heavy atom. The smallest absolute Gasteiger partial charge is 0.193 e. The quantitative estimate of drug-likeness (QED) is 0.655. The van der Waals surface area contributed by atoms with Gasteiger partial charge in [-0.25, -0.2) is 0 Å². The molecule has 2 aromatic carbocycles. The van der Waals surface area contributed by atoms with Crippen LogP contribution in [-0.4, -0.2) is 32.2 Å². The molecule has 1 fully saturated rings. The SMILES string of the molecule is COc1cc2oc(-c3ccc(CN4CCCCC4)cc3)cc(=O)c2cc1OC. The van der Waals surface area contributed by atoms with E-state index in [2.05, 4.69) is 17.0 Å². The van der Waals surface area contributed by atoms with Gasteiger partial charge < -0.3 is 13.9 Å². The Balaban J connectivity index is 1.63. The monoisotopic (exact) mass is 379 g/mol. The van der Waals surface area contributed by atoms with Gasteiger partial charge in [-0.3, -0.25) is 9.69 Å². The van der Waals surface area contributed by atoms with Crippen molar-refractivity contribution < 1.29 is 13.9 Å². The number of hydrogen-bond acceptors (Lipinski definition) is 5. The summed E-state index contributed by atoms with van der Waals surface area (Å²) in [6.45, 7) is 3.32. The van der Waals surface area contributed by atoms with E-state index < -0.39 is 0 Å². The van der Waals surface area contributed by atoms with Gasteiger partial charge in [0.25, 0.3) is 0 Å². The minimum absolute atomic E-state index is 0.102. The summed E-state index contributed by atoms with van der Waals surface area (Å²) >= 11 is 0. The third-order valence-corrected chi connectivity index (χ3v) is 5.33. The van der Waals surface area contributed by atoms with Gasteiger partial charge in [0.05, 0.1) is 19.6 Å². The van der Waals surface area contributed by atoms with Crippen LogP contribution < -0.4 is 14.9 Å². The van der Waals surface area contributed by atoms with E-state index in [-0.39, 0.29) is 5.43 Å². The number of nitrogens with zero attached hydrogens (tertiary/aromatic N) is 1. The predicted molar refractivity (Wildman–Crippen MR) is 110 cm³/mol. The molecule has 1 aromatic heterocycles. The standard InChI is InChI=1S/C23H25NO4/c1-26-22-12-18-19(25)13-20(28-21(18)14-23(22)27-2)17-8-6-16(7-9-17)15-24-10-4-3-5-11-24/h6-9,12-14H,3-5,10-11,15H2,1-2H3. The highest BCUT2D eigenvalue weighted by Gasteiger charge is 2.13. The molecule has 4 rings (SSSR count). The van der Waals surface area contributed by atoms with Crippen molar-refractivity contribution in [3.8, 4) is 22.8 Å². The average molecular weight is 379 g/mol. The zero-order chi connectivity index (χ0) is 19.5. The summed E-state index contributed by atoms with van der Waals surface area (Å²) in [4.78, 5) is 15.1. The third-order valence-electron chi connectivity index (χ3n) is 5.33. The molecule has 2 heterocycles. The molecule has 0 amide bonds. The van der Waals surface area contributed by atoms with Crippen LogP contribution in [0, 0.1) is 0 Å². The number of fused-ring (bicyclic) bond motifs is 1. The van der Waals surface area contributed by atoms with Crippen LogP contribution in [0.1, 0.15) is 24.8 Å². The van der Waals surface area contributed by atoms with Crippen molar-refractivity contribution in [2.45, 2.75) is 25.8 Å². The van der Waals surface area contributed by atoms with Gasteiger partial charge in [-0.15, -0.1) is 0 Å². The number of rotatable bonds is 5. The van der Waals surface area contributed by atoms with Crippen molar-refractivity contribution in [2.24, 2.45) is 0 Å². The summed E-state index contributed by atoms with van der Waals surface area (Å²) in [7, 11) is 3.11. The molecule has 5 heteroatoms. The molecular formula is C23H25NO4. The molecule has 0 aliphatic carbocycles. The first-order chi connectivity index (χ1) is 13.7. The summed E-state index contributed by atoms with van der Waals surface area (Å²) in [6, 6.07) is 13.2. The van der Waals surface area contributed by atoms with Crippen molar-refractivity contribution in [1.29, 1.82) is 0 Å². The van der Waals surface area contributed by atoms with Gasteiger partial charge in [0.15, 0.2) is 16.9 Å². The van der Waals surface area contributed by atoms with Gasteiger partial charge in [0.1, 0.15) is 11.3 Å². The Morgan fingerprint density at radius 1 is 0.929 bits per heavy atom. The van der Waals surface area contributed by atoms with E-state index in [1.165, 1.54) is 44.0 Å². The summed E-state index contributed by atoms with van der Waals surface area (Å²) in [5.41, 5.74) is 2.54. The number of ether oxygens (including phenoxy) is 2. The minimum Gasteiger partial charge on any atom is -0.493 e. The Kier molecular flexibility index (Phi) is 5.35. The topological polar surface area (TPSA) is 51.9 Å². The van der Waals surface area contributed by atoms with Crippen LogP contribution in [0.3, 0.4) is 0 Å². The molecule has 0 saturated carbocycles. The van der Waals surface area contributed by atoms with Gasteiger partial charge in [-0.05, 0) is 37.6 Å². The van der Waals surface area contributed by atoms with Crippen LogP contribution in [-0.2, 0) is 6.54 Å². The summed E-state index contributed by atoms with van der Waals surface area (Å²) in [5.74, 6) is 1.60. The Bertz CT molecular complexity index is 1020. The van der Waals surface area contributed by atoms with E-state index in [1.54, 1.807) is 26.4 Å². The van der Waals surface area contributed by atoms with E-state index in [9.17, 15) is 4.79 Å². The maximum absolute atomic E-state index is 12.6. The molecular weight excluding hydrogens is 354 g/mol. The van der Waals surface area contributed by atoms with Crippen LogP contribution in [0.2, 0.25) is 0 Å². The van der Waals surface area contributed by atoms with Crippen molar-refractivity contribution in [3.63, 3.8) is 0 Å². The number of piperidine rings is 1. The summed E-state index contributed by atoms with van der Waals surface area (Å²) in [6.07, 6.45) is 3.91. The van der Waals surface area contributed by atoms with Gasteiger partial charge >= 0.3 is 0 Å². The van der Waals surface area contributed by atoms with Crippen molar-refractivity contribution in [2.75, 3.05) is 27.3 Å².